The molecule has 1 fully saturated rings. The Balaban J connectivity index is 1.63. The summed E-state index contributed by atoms with van der Waals surface area (Å²) in [6.45, 7) is 4.68. The van der Waals surface area contributed by atoms with Crippen molar-refractivity contribution in [2.24, 2.45) is 0 Å². The van der Waals surface area contributed by atoms with E-state index in [-0.39, 0.29) is 30.9 Å². The highest BCUT2D eigenvalue weighted by Gasteiger charge is 2.29. The summed E-state index contributed by atoms with van der Waals surface area (Å²) in [7, 11) is 1.80. The maximum absolute atomic E-state index is 13.0. The van der Waals surface area contributed by atoms with Gasteiger partial charge in [-0.25, -0.2) is 14.5 Å². The lowest BCUT2D eigenvalue weighted by atomic mass is 10.1. The maximum atomic E-state index is 13.0. The number of hydrogen-bond donors (Lipinski definition) is 3. The summed E-state index contributed by atoms with van der Waals surface area (Å²) in [5.74, 6) is -0.370. The molecule has 2 atom stereocenters. The van der Waals surface area contributed by atoms with Crippen LogP contribution in [0.25, 0.3) is 27.9 Å². The van der Waals surface area contributed by atoms with Gasteiger partial charge in [0.05, 0.1) is 42.9 Å². The topological polar surface area (TPSA) is 119 Å². The predicted molar refractivity (Wildman–Crippen MR) is 120 cm³/mol. The quantitative estimate of drug-likeness (QED) is 0.438. The minimum absolute atomic E-state index is 0.207. The molecule has 166 valence electrons. The molecule has 5 rings (SSSR count). The average molecular weight is 435 g/mol. The lowest BCUT2D eigenvalue weighted by Crippen LogP contribution is -2.42. The standard InChI is InChI=1S/C22H25N7O3/c1-12(2)28-9-14(13-5-4-6-24-20(13)28)15-7-16(23-3)21-25-8-18(29(21)27-15)22(31)26-17-10-32-11-19(17)30/h4-9,12,17,19,23,30H,10-11H2,1-3H3,(H,26,31)/t17-,19+/m0/s1. The molecule has 3 N–H and O–H groups in total. The highest BCUT2D eigenvalue weighted by Crippen LogP contribution is 2.32. The van der Waals surface area contributed by atoms with E-state index in [2.05, 4.69) is 39.0 Å². The summed E-state index contributed by atoms with van der Waals surface area (Å²) in [6.07, 6.45) is 4.58. The Morgan fingerprint density at radius 2 is 2.12 bits per heavy atom. The van der Waals surface area contributed by atoms with Crippen molar-refractivity contribution >= 4 is 28.3 Å². The van der Waals surface area contributed by atoms with Gasteiger partial charge in [-0.3, -0.25) is 4.79 Å². The zero-order chi connectivity index (χ0) is 22.4. The number of nitrogens with one attached hydrogen (secondary N) is 2. The molecular weight excluding hydrogens is 410 g/mol. The normalized spacial score (nSPS) is 18.7. The van der Waals surface area contributed by atoms with Crippen molar-refractivity contribution in [2.45, 2.75) is 32.0 Å². The van der Waals surface area contributed by atoms with Gasteiger partial charge >= 0.3 is 0 Å². The lowest BCUT2D eigenvalue weighted by Gasteiger charge is -2.14. The first kappa shape index (κ1) is 20.4. The molecule has 4 aromatic heterocycles. The first-order chi connectivity index (χ1) is 15.5. The first-order valence-corrected chi connectivity index (χ1v) is 10.6. The number of pyridine rings is 1. The Labute approximate surface area is 184 Å². The molecule has 10 nitrogen and oxygen atoms in total. The third-order valence-corrected chi connectivity index (χ3v) is 5.76. The number of aliphatic hydroxyl groups is 1. The van der Waals surface area contributed by atoms with Gasteiger partial charge in [0.15, 0.2) is 11.3 Å². The van der Waals surface area contributed by atoms with Gasteiger partial charge in [0.25, 0.3) is 5.91 Å². The molecular formula is C22H25N7O3. The van der Waals surface area contributed by atoms with Gasteiger partial charge < -0.3 is 25.0 Å². The van der Waals surface area contributed by atoms with E-state index in [4.69, 9.17) is 9.84 Å². The van der Waals surface area contributed by atoms with Gasteiger partial charge in [0, 0.05) is 36.4 Å². The van der Waals surface area contributed by atoms with Crippen LogP contribution in [0.1, 0.15) is 30.4 Å². The van der Waals surface area contributed by atoms with Gasteiger partial charge in [-0.05, 0) is 32.0 Å². The van der Waals surface area contributed by atoms with Crippen LogP contribution in [-0.2, 0) is 4.74 Å². The van der Waals surface area contributed by atoms with Gasteiger partial charge in [-0.1, -0.05) is 0 Å². The number of hydrogen-bond acceptors (Lipinski definition) is 7. The van der Waals surface area contributed by atoms with Crippen molar-refractivity contribution in [1.82, 2.24) is 29.5 Å². The Hall–Kier alpha value is -3.50. The second-order valence-electron chi connectivity index (χ2n) is 8.18. The molecule has 0 radical (unpaired) electrons. The Kier molecular flexibility index (Phi) is 5.03. The second-order valence-corrected chi connectivity index (χ2v) is 8.18. The average Bonchev–Trinajstić information content (AvgIpc) is 3.50. The number of aromatic nitrogens is 5. The second kappa shape index (κ2) is 7.88. The molecule has 0 bridgehead atoms. The summed E-state index contributed by atoms with van der Waals surface area (Å²) in [6, 6.07) is 5.60. The number of amides is 1. The van der Waals surface area contributed by atoms with Crippen LogP contribution < -0.4 is 10.6 Å². The van der Waals surface area contributed by atoms with Crippen LogP contribution in [-0.4, -0.2) is 67.6 Å². The molecule has 10 heteroatoms. The van der Waals surface area contributed by atoms with Gasteiger partial charge in [0.2, 0.25) is 0 Å². The highest BCUT2D eigenvalue weighted by molar-refractivity contribution is 5.96. The third-order valence-electron chi connectivity index (χ3n) is 5.76. The van der Waals surface area contributed by atoms with E-state index in [1.165, 1.54) is 10.7 Å². The number of aliphatic hydroxyl groups excluding tert-OH is 1. The fourth-order valence-corrected chi connectivity index (χ4v) is 4.04. The molecule has 32 heavy (non-hydrogen) atoms. The minimum Gasteiger partial charge on any atom is -0.388 e. The van der Waals surface area contributed by atoms with Gasteiger partial charge in [-0.15, -0.1) is 0 Å². The van der Waals surface area contributed by atoms with E-state index >= 15 is 0 Å². The monoisotopic (exact) mass is 435 g/mol. The van der Waals surface area contributed by atoms with E-state index in [9.17, 15) is 9.90 Å². The first-order valence-electron chi connectivity index (χ1n) is 10.6. The Bertz CT molecular complexity index is 1310. The predicted octanol–water partition coefficient (Wildman–Crippen LogP) is 1.86. The molecule has 0 unspecified atom stereocenters. The van der Waals surface area contributed by atoms with Crippen LogP contribution in [0.3, 0.4) is 0 Å². The fourth-order valence-electron chi connectivity index (χ4n) is 4.04. The van der Waals surface area contributed by atoms with E-state index in [0.29, 0.717) is 11.3 Å². The largest absolute Gasteiger partial charge is 0.388 e. The summed E-state index contributed by atoms with van der Waals surface area (Å²) in [5.41, 5.74) is 4.05. The number of nitrogens with zero attached hydrogens (tertiary/aromatic N) is 5. The number of carbonyl (C=O) groups is 1. The van der Waals surface area contributed by atoms with Crippen molar-refractivity contribution in [2.75, 3.05) is 25.6 Å². The maximum Gasteiger partial charge on any atom is 0.272 e. The zero-order valence-corrected chi connectivity index (χ0v) is 18.1. The number of fused-ring (bicyclic) bond motifs is 2. The van der Waals surface area contributed by atoms with Crippen molar-refractivity contribution in [3.05, 3.63) is 42.5 Å². The SMILES string of the molecule is CNc1cc(-c2cn(C(C)C)c3ncccc23)nn2c(C(=O)N[C@H]3COC[C@H]3O)cnc12. The van der Waals surface area contributed by atoms with E-state index in [0.717, 1.165) is 22.3 Å². The number of imidazole rings is 1. The van der Waals surface area contributed by atoms with Crippen molar-refractivity contribution in [3.63, 3.8) is 0 Å². The van der Waals surface area contributed by atoms with Crippen LogP contribution >= 0.6 is 0 Å². The van der Waals surface area contributed by atoms with Crippen molar-refractivity contribution in [1.29, 1.82) is 0 Å². The van der Waals surface area contributed by atoms with E-state index in [1.807, 2.05) is 24.4 Å². The van der Waals surface area contributed by atoms with Crippen LogP contribution in [0.15, 0.2) is 36.8 Å². The Morgan fingerprint density at radius 3 is 2.84 bits per heavy atom. The van der Waals surface area contributed by atoms with Crippen LogP contribution in [0.4, 0.5) is 5.69 Å². The smallest absolute Gasteiger partial charge is 0.272 e. The molecule has 1 aliphatic rings. The molecule has 0 aromatic carbocycles. The van der Waals surface area contributed by atoms with Crippen LogP contribution in [0, 0.1) is 0 Å². The molecule has 1 aliphatic heterocycles. The van der Waals surface area contributed by atoms with Gasteiger partial charge in [-0.2, -0.15) is 5.10 Å². The molecule has 5 heterocycles. The number of rotatable bonds is 5. The van der Waals surface area contributed by atoms with Gasteiger partial charge in [0.1, 0.15) is 5.65 Å². The van der Waals surface area contributed by atoms with Crippen molar-refractivity contribution in [3.8, 4) is 11.3 Å². The highest BCUT2D eigenvalue weighted by atomic mass is 16.5. The number of ether oxygens (including phenoxy) is 1. The summed E-state index contributed by atoms with van der Waals surface area (Å²) < 4.78 is 8.88. The fraction of sp³-hybridized carbons (Fsp3) is 0.364. The molecule has 1 saturated heterocycles. The van der Waals surface area contributed by atoms with E-state index in [1.54, 1.807) is 13.2 Å². The molecule has 1 amide bonds. The zero-order valence-electron chi connectivity index (χ0n) is 18.1. The van der Waals surface area contributed by atoms with E-state index < -0.39 is 12.1 Å². The molecule has 0 aliphatic carbocycles. The minimum atomic E-state index is -0.732. The van der Waals surface area contributed by atoms with Crippen molar-refractivity contribution < 1.29 is 14.6 Å². The summed E-state index contributed by atoms with van der Waals surface area (Å²) in [5, 5.41) is 21.7. The number of anilines is 1. The lowest BCUT2D eigenvalue weighted by molar-refractivity contribution is 0.0879. The molecule has 4 aromatic rings. The Morgan fingerprint density at radius 1 is 1.28 bits per heavy atom. The van der Waals surface area contributed by atoms with Crippen LogP contribution in [0.5, 0.6) is 0 Å². The summed E-state index contributed by atoms with van der Waals surface area (Å²) >= 11 is 0. The van der Waals surface area contributed by atoms with Crippen LogP contribution in [0.2, 0.25) is 0 Å². The molecule has 0 spiro atoms. The number of carbonyl (C=O) groups excluding carboxylic acids is 1. The molecule has 0 saturated carbocycles. The third kappa shape index (κ3) is 3.28. The summed E-state index contributed by atoms with van der Waals surface area (Å²) in [4.78, 5) is 21.9.